The number of aliphatic hydroxyl groups excluding tert-OH is 2. The van der Waals surface area contributed by atoms with Crippen LogP contribution in [0.5, 0.6) is 5.75 Å². The van der Waals surface area contributed by atoms with Crippen molar-refractivity contribution >= 4 is 52.6 Å². The van der Waals surface area contributed by atoms with Gasteiger partial charge in [-0.15, -0.1) is 0 Å². The van der Waals surface area contributed by atoms with Crippen LogP contribution in [0, 0.1) is 0 Å². The molecule has 17 heteroatoms. The average molecular weight is 663 g/mol. The third-order valence-corrected chi connectivity index (χ3v) is 9.27. The second-order valence-electron chi connectivity index (χ2n) is 10.1. The maximum Gasteiger partial charge on any atom is 0.351 e. The van der Waals surface area contributed by atoms with Crippen molar-refractivity contribution in [3.63, 3.8) is 0 Å². The fourth-order valence-corrected chi connectivity index (χ4v) is 6.86. The summed E-state index contributed by atoms with van der Waals surface area (Å²) in [7, 11) is 0. The van der Waals surface area contributed by atoms with Crippen molar-refractivity contribution in [2.24, 2.45) is 0 Å². The van der Waals surface area contributed by atoms with Crippen molar-refractivity contribution in [2.75, 3.05) is 12.3 Å². The highest BCUT2D eigenvalue weighted by molar-refractivity contribution is 8.09. The first-order chi connectivity index (χ1) is 20.2. The average Bonchev–Trinajstić information content (AvgIpc) is 3.19. The van der Waals surface area contributed by atoms with Gasteiger partial charge in [-0.25, -0.2) is 18.7 Å². The summed E-state index contributed by atoms with van der Waals surface area (Å²) in [4.78, 5) is 28.5. The Bertz CT molecular complexity index is 1600. The Morgan fingerprint density at radius 3 is 2.58 bits per heavy atom. The van der Waals surface area contributed by atoms with E-state index in [1.54, 1.807) is 32.0 Å². The number of nitrogens with one attached hydrogen (secondary N) is 1. The molecule has 1 fully saturated rings. The normalized spacial score (nSPS) is 24.3. The van der Waals surface area contributed by atoms with Gasteiger partial charge in [-0.05, 0) is 55.5 Å². The zero-order valence-electron chi connectivity index (χ0n) is 23.1. The molecular weight excluding hydrogens is 633 g/mol. The number of aliphatic hydroxyl groups is 2. The van der Waals surface area contributed by atoms with Gasteiger partial charge in [0.05, 0.1) is 17.7 Å². The highest BCUT2D eigenvalue weighted by Gasteiger charge is 2.61. The van der Waals surface area contributed by atoms with Crippen molar-refractivity contribution in [1.82, 2.24) is 14.6 Å². The maximum absolute atomic E-state index is 14.7. The number of carbonyl (C=O) groups excluding carboxylic acids is 1. The molecule has 5 N–H and O–H groups in total. The lowest BCUT2D eigenvalue weighted by atomic mass is 9.96. The maximum atomic E-state index is 14.7. The molecule has 4 rings (SSSR count). The molecule has 6 atom stereocenters. The third kappa shape index (κ3) is 7.15. The van der Waals surface area contributed by atoms with Crippen LogP contribution in [0.15, 0.2) is 53.5 Å². The monoisotopic (exact) mass is 662 g/mol. The molecule has 2 aromatic carbocycles. The molecule has 1 aliphatic heterocycles. The summed E-state index contributed by atoms with van der Waals surface area (Å²) in [6, 6.07) is 11.2. The minimum absolute atomic E-state index is 0.199. The molecule has 0 spiro atoms. The predicted molar refractivity (Wildman–Crippen MR) is 157 cm³/mol. The quantitative estimate of drug-likeness (QED) is 0.175. The molecule has 1 aromatic heterocycles. The SMILES string of the molecule is CC(C)OC(=O)[C@H](C)NP(=S)(OC[C@@]1(C(F)F)O[C@@H](n2cc(Cl)c(N)nc2=O)[C@H](O)[C@H]1O)Oc1ccc2ccccc2c1. The molecule has 1 unspecified atom stereocenters. The molecule has 1 aliphatic rings. The first kappa shape index (κ1) is 33.1. The van der Waals surface area contributed by atoms with Gasteiger partial charge in [-0.1, -0.05) is 41.9 Å². The second-order valence-corrected chi connectivity index (χ2v) is 13.6. The van der Waals surface area contributed by atoms with E-state index in [2.05, 4.69) is 10.1 Å². The Kier molecular flexibility index (Phi) is 10.1. The van der Waals surface area contributed by atoms with Crippen LogP contribution < -0.4 is 21.0 Å². The fourth-order valence-electron chi connectivity index (χ4n) is 4.30. The van der Waals surface area contributed by atoms with Gasteiger partial charge in [0.25, 0.3) is 6.43 Å². The molecular formula is C26H30ClF2N4O8PS. The summed E-state index contributed by atoms with van der Waals surface area (Å²) >= 11 is 11.6. The number of hydrogen-bond acceptors (Lipinski definition) is 11. The van der Waals surface area contributed by atoms with E-state index in [4.69, 9.17) is 47.7 Å². The molecule has 0 bridgehead atoms. The highest BCUT2D eigenvalue weighted by Crippen LogP contribution is 2.49. The number of nitrogen functional groups attached to an aromatic ring is 1. The lowest BCUT2D eigenvalue weighted by molar-refractivity contribution is -0.192. The van der Waals surface area contributed by atoms with Crippen molar-refractivity contribution in [1.29, 1.82) is 0 Å². The number of nitrogens with two attached hydrogens (primary N) is 1. The number of rotatable bonds is 11. The van der Waals surface area contributed by atoms with Crippen molar-refractivity contribution in [3.05, 3.63) is 64.2 Å². The van der Waals surface area contributed by atoms with Crippen LogP contribution in [0.25, 0.3) is 10.8 Å². The van der Waals surface area contributed by atoms with Crippen LogP contribution >= 0.6 is 18.2 Å². The number of fused-ring (bicyclic) bond motifs is 1. The number of esters is 1. The summed E-state index contributed by atoms with van der Waals surface area (Å²) in [6.45, 7) is -0.332. The van der Waals surface area contributed by atoms with Gasteiger partial charge in [0.2, 0.25) is 0 Å². The van der Waals surface area contributed by atoms with Gasteiger partial charge in [0.1, 0.15) is 29.8 Å². The smallest absolute Gasteiger partial charge is 0.351 e. The molecule has 12 nitrogen and oxygen atoms in total. The van der Waals surface area contributed by atoms with Gasteiger partial charge < -0.3 is 34.5 Å². The van der Waals surface area contributed by atoms with Gasteiger partial charge >= 0.3 is 18.3 Å². The number of anilines is 1. The largest absolute Gasteiger partial charge is 0.462 e. The number of nitrogens with zero attached hydrogens (tertiary/aromatic N) is 2. The van der Waals surface area contributed by atoms with E-state index in [1.807, 2.05) is 24.3 Å². The Balaban J connectivity index is 1.66. The van der Waals surface area contributed by atoms with Crippen LogP contribution in [0.1, 0.15) is 27.0 Å². The van der Waals surface area contributed by atoms with Crippen LogP contribution in [-0.4, -0.2) is 68.7 Å². The van der Waals surface area contributed by atoms with E-state index >= 15 is 0 Å². The van der Waals surface area contributed by atoms with Gasteiger partial charge in [-0.2, -0.15) is 4.98 Å². The standard InChI is InChI=1S/C26H30ClF2N4O8PS/c1-13(2)39-23(36)14(3)32-42(43,41-17-9-8-15-6-4-5-7-16(15)10-17)38-12-26(24(28)29)20(35)19(34)22(40-26)33-11-18(27)21(30)31-25(33)37/h4-11,13-14,19-20,22,24,34-35H,12H2,1-3H3,(H,32,43)(H2,30,31,37)/t14-,19+,20+,22+,26+,42?/m0/s1. The summed E-state index contributed by atoms with van der Waals surface area (Å²) in [5, 5.41) is 25.7. The zero-order chi connectivity index (χ0) is 31.7. The molecule has 0 saturated carbocycles. The highest BCUT2D eigenvalue weighted by atomic mass is 35.5. The van der Waals surface area contributed by atoms with E-state index in [0.29, 0.717) is 4.57 Å². The molecule has 0 aliphatic carbocycles. The molecule has 43 heavy (non-hydrogen) atoms. The second kappa shape index (κ2) is 13.1. The van der Waals surface area contributed by atoms with Crippen LogP contribution in [0.3, 0.4) is 0 Å². The molecule has 234 valence electrons. The Hall–Kier alpha value is -2.75. The summed E-state index contributed by atoms with van der Waals surface area (Å²) < 4.78 is 52.4. The molecule has 0 amide bonds. The van der Waals surface area contributed by atoms with E-state index in [9.17, 15) is 28.6 Å². The topological polar surface area (TPSA) is 167 Å². The number of aromatic nitrogens is 2. The lowest BCUT2D eigenvalue weighted by Gasteiger charge is -2.34. The van der Waals surface area contributed by atoms with E-state index in [-0.39, 0.29) is 16.6 Å². The lowest BCUT2D eigenvalue weighted by Crippen LogP contribution is -2.53. The minimum Gasteiger partial charge on any atom is -0.462 e. The Morgan fingerprint density at radius 2 is 1.93 bits per heavy atom. The first-order valence-corrected chi connectivity index (χ1v) is 15.9. The van der Waals surface area contributed by atoms with Crippen LogP contribution in [0.4, 0.5) is 14.6 Å². The number of benzene rings is 2. The minimum atomic E-state index is -3.91. The molecule has 1 saturated heterocycles. The van der Waals surface area contributed by atoms with Crippen LogP contribution in [0.2, 0.25) is 5.02 Å². The number of ether oxygens (including phenoxy) is 2. The van der Waals surface area contributed by atoms with Gasteiger partial charge in [0.15, 0.2) is 11.8 Å². The van der Waals surface area contributed by atoms with Gasteiger partial charge in [0, 0.05) is 6.20 Å². The molecule has 3 aromatic rings. The fraction of sp³-hybridized carbons (Fsp3) is 0.423. The number of halogens is 3. The zero-order valence-corrected chi connectivity index (χ0v) is 25.6. The first-order valence-electron chi connectivity index (χ1n) is 12.9. The third-order valence-electron chi connectivity index (χ3n) is 6.50. The van der Waals surface area contributed by atoms with E-state index in [1.165, 1.54) is 6.92 Å². The summed E-state index contributed by atoms with van der Waals surface area (Å²) in [5.41, 5.74) is 1.54. The summed E-state index contributed by atoms with van der Waals surface area (Å²) in [5.74, 6) is -0.842. The van der Waals surface area contributed by atoms with Gasteiger partial charge in [-0.3, -0.25) is 9.36 Å². The predicted octanol–water partition coefficient (Wildman–Crippen LogP) is 3.14. The number of hydrogen-bond donors (Lipinski definition) is 4. The molecule has 2 heterocycles. The Morgan fingerprint density at radius 1 is 1.26 bits per heavy atom. The molecule has 0 radical (unpaired) electrons. The summed E-state index contributed by atoms with van der Waals surface area (Å²) in [6.07, 6.45) is -9.18. The van der Waals surface area contributed by atoms with E-state index < -0.39 is 67.5 Å². The van der Waals surface area contributed by atoms with Crippen LogP contribution in [-0.2, 0) is 30.6 Å². The van der Waals surface area contributed by atoms with E-state index in [0.717, 1.165) is 17.0 Å². The number of carbonyl (C=O) groups is 1. The number of alkyl halides is 2. The van der Waals surface area contributed by atoms with Crippen molar-refractivity contribution in [3.8, 4) is 5.75 Å². The van der Waals surface area contributed by atoms with Crippen molar-refractivity contribution in [2.45, 2.75) is 63.4 Å². The Labute approximate surface area is 254 Å². The van der Waals surface area contributed by atoms with Crippen molar-refractivity contribution < 1.29 is 42.3 Å².